The summed E-state index contributed by atoms with van der Waals surface area (Å²) in [6, 6.07) is 14.1. The van der Waals surface area contributed by atoms with Crippen molar-refractivity contribution in [2.45, 2.75) is 34.2 Å². The molecule has 0 spiro atoms. The largest absolute Gasteiger partial charge is 0.364 e. The van der Waals surface area contributed by atoms with E-state index in [0.29, 0.717) is 17.8 Å². The SMILES string of the molecule is CCN1CCN(C2=C(c3ccc(C)c(C)c3)C(=O)N(Cc3ccc(C)cc3)C2=O)CC1. The average molecular weight is 418 g/mol. The van der Waals surface area contributed by atoms with Gasteiger partial charge in [-0.15, -0.1) is 0 Å². The summed E-state index contributed by atoms with van der Waals surface area (Å²) < 4.78 is 0. The maximum Gasteiger partial charge on any atom is 0.278 e. The fourth-order valence-electron chi connectivity index (χ4n) is 4.32. The van der Waals surface area contributed by atoms with E-state index in [0.717, 1.165) is 55.0 Å². The first-order valence-corrected chi connectivity index (χ1v) is 11.1. The van der Waals surface area contributed by atoms with Crippen LogP contribution < -0.4 is 0 Å². The number of hydrogen-bond acceptors (Lipinski definition) is 4. The van der Waals surface area contributed by atoms with E-state index in [9.17, 15) is 9.59 Å². The second-order valence-electron chi connectivity index (χ2n) is 8.63. The molecule has 0 aliphatic carbocycles. The molecule has 5 nitrogen and oxygen atoms in total. The van der Waals surface area contributed by atoms with Crippen LogP contribution in [-0.4, -0.2) is 59.2 Å². The van der Waals surface area contributed by atoms with E-state index in [4.69, 9.17) is 0 Å². The van der Waals surface area contributed by atoms with Crippen LogP contribution >= 0.6 is 0 Å². The lowest BCUT2D eigenvalue weighted by Gasteiger charge is -2.36. The molecular formula is C26H31N3O2. The smallest absolute Gasteiger partial charge is 0.278 e. The zero-order valence-corrected chi connectivity index (χ0v) is 18.9. The highest BCUT2D eigenvalue weighted by Gasteiger charge is 2.42. The van der Waals surface area contributed by atoms with Crippen molar-refractivity contribution in [2.24, 2.45) is 0 Å². The number of carbonyl (C=O) groups is 2. The van der Waals surface area contributed by atoms with Crippen molar-refractivity contribution in [3.8, 4) is 0 Å². The highest BCUT2D eigenvalue weighted by molar-refractivity contribution is 6.35. The fraction of sp³-hybridized carbons (Fsp3) is 0.385. The molecule has 0 saturated carbocycles. The molecule has 0 atom stereocenters. The van der Waals surface area contributed by atoms with E-state index >= 15 is 0 Å². The van der Waals surface area contributed by atoms with Crippen LogP contribution in [0.2, 0.25) is 0 Å². The third-order valence-corrected chi connectivity index (χ3v) is 6.54. The second-order valence-corrected chi connectivity index (χ2v) is 8.63. The Hall–Kier alpha value is -2.92. The summed E-state index contributed by atoms with van der Waals surface area (Å²) in [7, 11) is 0. The molecule has 1 fully saturated rings. The Balaban J connectivity index is 1.71. The minimum absolute atomic E-state index is 0.177. The van der Waals surface area contributed by atoms with Gasteiger partial charge in [0.1, 0.15) is 5.70 Å². The van der Waals surface area contributed by atoms with Crippen LogP contribution in [0, 0.1) is 20.8 Å². The van der Waals surface area contributed by atoms with Crippen molar-refractivity contribution in [1.29, 1.82) is 0 Å². The van der Waals surface area contributed by atoms with Crippen LogP contribution in [0.1, 0.15) is 34.7 Å². The normalized spacial score (nSPS) is 17.8. The molecule has 0 radical (unpaired) electrons. The van der Waals surface area contributed by atoms with Crippen molar-refractivity contribution < 1.29 is 9.59 Å². The Morgan fingerprint density at radius 2 is 1.48 bits per heavy atom. The number of rotatable bonds is 5. The van der Waals surface area contributed by atoms with Gasteiger partial charge in [0.05, 0.1) is 12.1 Å². The standard InChI is InChI=1S/C26H31N3O2/c1-5-27-12-14-28(15-13-27)24-23(22-11-8-19(3)20(4)16-22)25(30)29(26(24)31)17-21-9-6-18(2)7-10-21/h6-11,16H,5,12-15,17H2,1-4H3. The topological polar surface area (TPSA) is 43.9 Å². The lowest BCUT2D eigenvalue weighted by molar-refractivity contribution is -0.138. The molecule has 0 aromatic heterocycles. The Labute approximate surface area is 184 Å². The van der Waals surface area contributed by atoms with E-state index in [1.807, 2.05) is 56.3 Å². The molecule has 31 heavy (non-hydrogen) atoms. The number of carbonyl (C=O) groups excluding carboxylic acids is 2. The van der Waals surface area contributed by atoms with Gasteiger partial charge in [-0.05, 0) is 49.6 Å². The van der Waals surface area contributed by atoms with Gasteiger partial charge in [-0.3, -0.25) is 14.5 Å². The first-order chi connectivity index (χ1) is 14.9. The molecule has 2 heterocycles. The number of hydrogen-bond donors (Lipinski definition) is 0. The van der Waals surface area contributed by atoms with Gasteiger partial charge < -0.3 is 9.80 Å². The van der Waals surface area contributed by atoms with Crippen LogP contribution in [0.5, 0.6) is 0 Å². The van der Waals surface area contributed by atoms with E-state index in [1.54, 1.807) is 0 Å². The van der Waals surface area contributed by atoms with Crippen LogP contribution in [0.3, 0.4) is 0 Å². The molecule has 2 aromatic rings. The molecule has 2 aromatic carbocycles. The Morgan fingerprint density at radius 3 is 2.10 bits per heavy atom. The van der Waals surface area contributed by atoms with Gasteiger partial charge in [-0.1, -0.05) is 55.0 Å². The van der Waals surface area contributed by atoms with Crippen molar-refractivity contribution >= 4 is 17.4 Å². The van der Waals surface area contributed by atoms with Crippen LogP contribution in [0.4, 0.5) is 0 Å². The zero-order chi connectivity index (χ0) is 22.1. The number of nitrogens with zero attached hydrogens (tertiary/aromatic N) is 3. The molecular weight excluding hydrogens is 386 g/mol. The van der Waals surface area contributed by atoms with Crippen molar-refractivity contribution in [3.05, 3.63) is 76.0 Å². The third-order valence-electron chi connectivity index (χ3n) is 6.54. The summed E-state index contributed by atoms with van der Waals surface area (Å²) in [6.07, 6.45) is 0. The van der Waals surface area contributed by atoms with Gasteiger partial charge >= 0.3 is 0 Å². The number of imide groups is 1. The van der Waals surface area contributed by atoms with Gasteiger partial charge in [-0.2, -0.15) is 0 Å². The molecule has 2 aliphatic rings. The third kappa shape index (κ3) is 4.15. The van der Waals surface area contributed by atoms with Crippen molar-refractivity contribution in [3.63, 3.8) is 0 Å². The lowest BCUT2D eigenvalue weighted by Crippen LogP contribution is -2.47. The number of amides is 2. The highest BCUT2D eigenvalue weighted by Crippen LogP contribution is 2.34. The number of likely N-dealkylation sites (N-methyl/N-ethyl adjacent to an activating group) is 1. The quantitative estimate of drug-likeness (QED) is 0.698. The van der Waals surface area contributed by atoms with E-state index in [1.165, 1.54) is 10.5 Å². The zero-order valence-electron chi connectivity index (χ0n) is 18.9. The Bertz CT molecular complexity index is 1030. The summed E-state index contributed by atoms with van der Waals surface area (Å²) in [5.74, 6) is -0.370. The maximum absolute atomic E-state index is 13.6. The van der Waals surface area contributed by atoms with Gasteiger partial charge in [0.25, 0.3) is 11.8 Å². The molecule has 1 saturated heterocycles. The number of benzene rings is 2. The molecule has 0 bridgehead atoms. The molecule has 4 rings (SSSR count). The predicted octanol–water partition coefficient (Wildman–Crippen LogP) is 3.53. The van der Waals surface area contributed by atoms with Gasteiger partial charge in [0, 0.05) is 26.2 Å². The fourth-order valence-corrected chi connectivity index (χ4v) is 4.32. The van der Waals surface area contributed by atoms with Crippen LogP contribution in [0.25, 0.3) is 5.57 Å². The average Bonchev–Trinajstić information content (AvgIpc) is 3.02. The molecule has 5 heteroatoms. The van der Waals surface area contributed by atoms with Crippen molar-refractivity contribution in [1.82, 2.24) is 14.7 Å². The monoisotopic (exact) mass is 417 g/mol. The highest BCUT2D eigenvalue weighted by atomic mass is 16.2. The van der Waals surface area contributed by atoms with Gasteiger partial charge in [0.15, 0.2) is 0 Å². The maximum atomic E-state index is 13.6. The first kappa shape index (κ1) is 21.3. The van der Waals surface area contributed by atoms with Gasteiger partial charge in [-0.25, -0.2) is 0 Å². The summed E-state index contributed by atoms with van der Waals surface area (Å²) in [6.45, 7) is 12.9. The lowest BCUT2D eigenvalue weighted by atomic mass is 9.99. The summed E-state index contributed by atoms with van der Waals surface area (Å²) in [5, 5.41) is 0. The van der Waals surface area contributed by atoms with E-state index < -0.39 is 0 Å². The minimum Gasteiger partial charge on any atom is -0.364 e. The number of aryl methyl sites for hydroxylation is 3. The van der Waals surface area contributed by atoms with Crippen LogP contribution in [0.15, 0.2) is 48.2 Å². The second kappa shape index (κ2) is 8.67. The molecule has 0 N–H and O–H groups in total. The van der Waals surface area contributed by atoms with E-state index in [-0.39, 0.29) is 11.8 Å². The molecule has 2 amide bonds. The Kier molecular flexibility index (Phi) is 5.96. The van der Waals surface area contributed by atoms with Crippen molar-refractivity contribution in [2.75, 3.05) is 32.7 Å². The summed E-state index contributed by atoms with van der Waals surface area (Å²) in [4.78, 5) is 33.0. The summed E-state index contributed by atoms with van der Waals surface area (Å²) >= 11 is 0. The minimum atomic E-state index is -0.193. The molecule has 0 unspecified atom stereocenters. The molecule has 2 aliphatic heterocycles. The summed E-state index contributed by atoms with van der Waals surface area (Å²) in [5.41, 5.74) is 6.37. The predicted molar refractivity (Wildman–Crippen MR) is 123 cm³/mol. The molecule has 162 valence electrons. The first-order valence-electron chi connectivity index (χ1n) is 11.1. The number of piperazine rings is 1. The van der Waals surface area contributed by atoms with Gasteiger partial charge in [0.2, 0.25) is 0 Å². The van der Waals surface area contributed by atoms with Crippen LogP contribution in [-0.2, 0) is 16.1 Å². The van der Waals surface area contributed by atoms with E-state index in [2.05, 4.69) is 23.6 Å². The Morgan fingerprint density at radius 1 is 0.806 bits per heavy atom.